The van der Waals surface area contributed by atoms with Gasteiger partial charge in [0.2, 0.25) is 0 Å². The minimum atomic E-state index is -0.404. The van der Waals surface area contributed by atoms with Gasteiger partial charge >= 0.3 is 5.97 Å². The molecule has 0 saturated carbocycles. The highest BCUT2D eigenvalue weighted by Crippen LogP contribution is 2.40. The van der Waals surface area contributed by atoms with E-state index in [0.29, 0.717) is 5.57 Å². The molecule has 0 aliphatic carbocycles. The van der Waals surface area contributed by atoms with E-state index in [-0.39, 0.29) is 13.2 Å². The van der Waals surface area contributed by atoms with Gasteiger partial charge in [0.05, 0.1) is 12.0 Å². The molecule has 0 fully saturated rings. The van der Waals surface area contributed by atoms with Crippen LogP contribution in [0, 0.1) is 0 Å². The number of hydrogen-bond acceptors (Lipinski definition) is 5. The minimum absolute atomic E-state index is 0.180. The first-order valence-electron chi connectivity index (χ1n) is 7.17. The van der Waals surface area contributed by atoms with Gasteiger partial charge in [-0.2, -0.15) is 0 Å². The quantitative estimate of drug-likeness (QED) is 0.331. The molecule has 2 aromatic carbocycles. The molecule has 0 heterocycles. The maximum atomic E-state index is 11.4. The van der Waals surface area contributed by atoms with Crippen molar-refractivity contribution in [2.24, 2.45) is 0 Å². The monoisotopic (exact) mass is 332 g/mol. The standard InChI is InChI=1S/C18H20O4S/c1-12(2)18(19)22-10-9-21-17-14-8-6-5-7-13(14)15(20-3)11-16(17)23-4/h5-8,11H,1,9-10H2,2-4H3. The fourth-order valence-corrected chi connectivity index (χ4v) is 2.74. The van der Waals surface area contributed by atoms with E-state index in [0.717, 1.165) is 27.2 Å². The Balaban J connectivity index is 2.22. The van der Waals surface area contributed by atoms with Gasteiger partial charge in [-0.3, -0.25) is 0 Å². The third-order valence-corrected chi connectivity index (χ3v) is 4.02. The van der Waals surface area contributed by atoms with Crippen molar-refractivity contribution in [3.8, 4) is 11.5 Å². The van der Waals surface area contributed by atoms with Crippen molar-refractivity contribution in [3.63, 3.8) is 0 Å². The maximum absolute atomic E-state index is 11.4. The van der Waals surface area contributed by atoms with Crippen LogP contribution in [0.5, 0.6) is 11.5 Å². The van der Waals surface area contributed by atoms with Crippen LogP contribution < -0.4 is 9.47 Å². The summed E-state index contributed by atoms with van der Waals surface area (Å²) in [6, 6.07) is 9.86. The second-order valence-corrected chi connectivity index (χ2v) is 5.77. The summed E-state index contributed by atoms with van der Waals surface area (Å²) >= 11 is 1.58. The zero-order chi connectivity index (χ0) is 16.8. The number of ether oxygens (including phenoxy) is 3. The van der Waals surface area contributed by atoms with Crippen LogP contribution in [-0.2, 0) is 9.53 Å². The lowest BCUT2D eigenvalue weighted by molar-refractivity contribution is -0.139. The highest BCUT2D eigenvalue weighted by atomic mass is 32.2. The number of benzene rings is 2. The highest BCUT2D eigenvalue weighted by molar-refractivity contribution is 7.98. The molecule has 0 amide bonds. The molecule has 0 atom stereocenters. The Morgan fingerprint density at radius 3 is 2.52 bits per heavy atom. The first kappa shape index (κ1) is 17.2. The summed E-state index contributed by atoms with van der Waals surface area (Å²) in [5.41, 5.74) is 0.379. The predicted molar refractivity (Wildman–Crippen MR) is 93.5 cm³/mol. The van der Waals surface area contributed by atoms with E-state index in [1.807, 2.05) is 36.6 Å². The molecule has 0 aliphatic rings. The molecule has 0 aliphatic heterocycles. The van der Waals surface area contributed by atoms with Gasteiger partial charge < -0.3 is 14.2 Å². The molecule has 0 spiro atoms. The van der Waals surface area contributed by atoms with Crippen LogP contribution in [0.1, 0.15) is 6.92 Å². The maximum Gasteiger partial charge on any atom is 0.333 e. The molecule has 2 aromatic rings. The molecule has 0 N–H and O–H groups in total. The Bertz CT molecular complexity index is 724. The van der Waals surface area contributed by atoms with Crippen LogP contribution in [-0.4, -0.2) is 32.5 Å². The Labute approximate surface area is 140 Å². The Morgan fingerprint density at radius 2 is 1.91 bits per heavy atom. The molecular weight excluding hydrogens is 312 g/mol. The summed E-state index contributed by atoms with van der Waals surface area (Å²) in [6.45, 7) is 5.62. The largest absolute Gasteiger partial charge is 0.496 e. The van der Waals surface area contributed by atoms with Crippen molar-refractivity contribution in [2.75, 3.05) is 26.6 Å². The van der Waals surface area contributed by atoms with E-state index in [1.54, 1.807) is 25.8 Å². The molecule has 23 heavy (non-hydrogen) atoms. The normalized spacial score (nSPS) is 10.4. The fourth-order valence-electron chi connectivity index (χ4n) is 2.16. The second-order valence-electron chi connectivity index (χ2n) is 4.92. The van der Waals surface area contributed by atoms with Gasteiger partial charge in [-0.15, -0.1) is 11.8 Å². The van der Waals surface area contributed by atoms with Crippen LogP contribution >= 0.6 is 11.8 Å². The lowest BCUT2D eigenvalue weighted by atomic mass is 10.1. The van der Waals surface area contributed by atoms with Crippen LogP contribution in [0.25, 0.3) is 10.8 Å². The number of hydrogen-bond donors (Lipinski definition) is 0. The van der Waals surface area contributed by atoms with Gasteiger partial charge in [-0.1, -0.05) is 30.8 Å². The first-order chi connectivity index (χ1) is 11.1. The van der Waals surface area contributed by atoms with Crippen molar-refractivity contribution in [1.82, 2.24) is 0 Å². The Kier molecular flexibility index (Phi) is 5.93. The molecule has 122 valence electrons. The van der Waals surface area contributed by atoms with Gasteiger partial charge in [0.1, 0.15) is 24.7 Å². The molecule has 4 nitrogen and oxygen atoms in total. The number of esters is 1. The average molecular weight is 332 g/mol. The third kappa shape index (κ3) is 3.99. The van der Waals surface area contributed by atoms with E-state index < -0.39 is 5.97 Å². The van der Waals surface area contributed by atoms with Crippen molar-refractivity contribution in [1.29, 1.82) is 0 Å². The first-order valence-corrected chi connectivity index (χ1v) is 8.40. The van der Waals surface area contributed by atoms with Gasteiger partial charge in [0, 0.05) is 16.3 Å². The number of methoxy groups -OCH3 is 1. The van der Waals surface area contributed by atoms with E-state index in [9.17, 15) is 4.79 Å². The summed E-state index contributed by atoms with van der Waals surface area (Å²) in [5, 5.41) is 1.96. The minimum Gasteiger partial charge on any atom is -0.496 e. The van der Waals surface area contributed by atoms with Crippen molar-refractivity contribution in [3.05, 3.63) is 42.5 Å². The summed E-state index contributed by atoms with van der Waals surface area (Å²) in [7, 11) is 1.66. The summed E-state index contributed by atoms with van der Waals surface area (Å²) in [5.74, 6) is 1.18. The van der Waals surface area contributed by atoms with Crippen molar-refractivity contribution < 1.29 is 19.0 Å². The second kappa shape index (κ2) is 7.92. The van der Waals surface area contributed by atoms with Crippen molar-refractivity contribution in [2.45, 2.75) is 11.8 Å². The molecule has 0 radical (unpaired) electrons. The number of rotatable bonds is 7. The van der Waals surface area contributed by atoms with Crippen LogP contribution in [0.3, 0.4) is 0 Å². The Morgan fingerprint density at radius 1 is 1.22 bits per heavy atom. The number of carbonyl (C=O) groups is 1. The van der Waals surface area contributed by atoms with E-state index in [4.69, 9.17) is 14.2 Å². The fraction of sp³-hybridized carbons (Fsp3) is 0.278. The molecule has 2 rings (SSSR count). The molecule has 0 unspecified atom stereocenters. The average Bonchev–Trinajstić information content (AvgIpc) is 2.57. The topological polar surface area (TPSA) is 44.8 Å². The zero-order valence-electron chi connectivity index (χ0n) is 13.5. The Hall–Kier alpha value is -2.14. The molecule has 0 saturated heterocycles. The lowest BCUT2D eigenvalue weighted by Crippen LogP contribution is -2.12. The van der Waals surface area contributed by atoms with E-state index >= 15 is 0 Å². The van der Waals surface area contributed by atoms with E-state index in [1.165, 1.54) is 0 Å². The van der Waals surface area contributed by atoms with E-state index in [2.05, 4.69) is 6.58 Å². The molecule has 0 bridgehead atoms. The highest BCUT2D eigenvalue weighted by Gasteiger charge is 2.13. The van der Waals surface area contributed by atoms with Gasteiger partial charge in [0.15, 0.2) is 0 Å². The van der Waals surface area contributed by atoms with Crippen molar-refractivity contribution >= 4 is 28.5 Å². The lowest BCUT2D eigenvalue weighted by Gasteiger charge is -2.16. The number of thioether (sulfide) groups is 1. The van der Waals surface area contributed by atoms with Crippen LogP contribution in [0.15, 0.2) is 47.4 Å². The summed E-state index contributed by atoms with van der Waals surface area (Å²) in [6.07, 6.45) is 1.98. The number of carbonyl (C=O) groups excluding carboxylic acids is 1. The zero-order valence-corrected chi connectivity index (χ0v) is 14.4. The van der Waals surface area contributed by atoms with Crippen LogP contribution in [0.4, 0.5) is 0 Å². The van der Waals surface area contributed by atoms with Gasteiger partial charge in [-0.05, 0) is 19.2 Å². The number of fused-ring (bicyclic) bond motifs is 1. The third-order valence-electron chi connectivity index (χ3n) is 3.27. The SMILES string of the molecule is C=C(C)C(=O)OCCOc1c(SC)cc(OC)c2ccccc12. The molecule has 5 heteroatoms. The summed E-state index contributed by atoms with van der Waals surface area (Å²) < 4.78 is 16.4. The molecular formula is C18H20O4S. The van der Waals surface area contributed by atoms with Gasteiger partial charge in [0.25, 0.3) is 0 Å². The van der Waals surface area contributed by atoms with Crippen LogP contribution in [0.2, 0.25) is 0 Å². The summed E-state index contributed by atoms with van der Waals surface area (Å²) in [4.78, 5) is 12.4. The molecule has 0 aromatic heterocycles. The predicted octanol–water partition coefficient (Wildman–Crippen LogP) is 4.07. The van der Waals surface area contributed by atoms with Gasteiger partial charge in [-0.25, -0.2) is 4.79 Å². The smallest absolute Gasteiger partial charge is 0.333 e.